The molecule has 0 aliphatic rings. The van der Waals surface area contributed by atoms with Crippen molar-refractivity contribution in [1.29, 1.82) is 0 Å². The molecule has 0 saturated carbocycles. The van der Waals surface area contributed by atoms with Crippen LogP contribution in [0.1, 0.15) is 23.9 Å². The van der Waals surface area contributed by atoms with Gasteiger partial charge in [-0.05, 0) is 44.0 Å². The maximum Gasteiger partial charge on any atom is 0.266 e. The number of aryl methyl sites for hydroxylation is 3. The van der Waals surface area contributed by atoms with Gasteiger partial charge in [-0.15, -0.1) is 0 Å². The molecule has 0 unspecified atom stereocenters. The van der Waals surface area contributed by atoms with Crippen molar-refractivity contribution < 1.29 is 4.79 Å². The molecule has 4 aromatic rings. The quantitative estimate of drug-likeness (QED) is 0.356. The third-order valence-corrected chi connectivity index (χ3v) is 6.40. The zero-order chi connectivity index (χ0) is 22.8. The Kier molecular flexibility index (Phi) is 6.14. The zero-order valence-electron chi connectivity index (χ0n) is 18.5. The Morgan fingerprint density at radius 1 is 1.09 bits per heavy atom. The molecule has 164 valence electrons. The summed E-state index contributed by atoms with van der Waals surface area (Å²) < 4.78 is 3.36. The Labute approximate surface area is 190 Å². The summed E-state index contributed by atoms with van der Waals surface area (Å²) in [7, 11) is 1.84. The number of anilines is 1. The van der Waals surface area contributed by atoms with Crippen molar-refractivity contribution in [2.75, 3.05) is 11.1 Å². The van der Waals surface area contributed by atoms with Crippen molar-refractivity contribution in [1.82, 2.24) is 19.3 Å². The number of nitrogens with zero attached hydrogens (tertiary/aromatic N) is 4. The molecule has 0 aliphatic carbocycles. The number of benzene rings is 2. The van der Waals surface area contributed by atoms with Gasteiger partial charge in [0.1, 0.15) is 0 Å². The Morgan fingerprint density at radius 3 is 2.53 bits per heavy atom. The van der Waals surface area contributed by atoms with Crippen LogP contribution in [0.15, 0.2) is 58.5 Å². The number of hydrogen-bond acceptors (Lipinski definition) is 5. The highest BCUT2D eigenvalue weighted by Gasteiger charge is 2.18. The van der Waals surface area contributed by atoms with Gasteiger partial charge in [0.2, 0.25) is 5.91 Å². The largest absolute Gasteiger partial charge is 0.322 e. The molecule has 0 radical (unpaired) electrons. The smallest absolute Gasteiger partial charge is 0.266 e. The first-order valence-corrected chi connectivity index (χ1v) is 11.4. The summed E-state index contributed by atoms with van der Waals surface area (Å²) in [5, 5.41) is 8.32. The number of fused-ring (bicyclic) bond motifs is 1. The van der Waals surface area contributed by atoms with Crippen LogP contribution in [0.5, 0.6) is 0 Å². The Morgan fingerprint density at radius 2 is 1.81 bits per heavy atom. The van der Waals surface area contributed by atoms with Gasteiger partial charge in [0.25, 0.3) is 5.56 Å². The van der Waals surface area contributed by atoms with E-state index in [2.05, 4.69) is 17.3 Å². The number of hydrogen-bond donors (Lipinski definition) is 1. The van der Waals surface area contributed by atoms with E-state index in [1.807, 2.05) is 63.4 Å². The third-order valence-electron chi connectivity index (χ3n) is 5.46. The van der Waals surface area contributed by atoms with Crippen LogP contribution in [0.4, 0.5) is 5.69 Å². The molecule has 0 atom stereocenters. The van der Waals surface area contributed by atoms with Gasteiger partial charge in [-0.1, -0.05) is 49.0 Å². The number of para-hydroxylation sites is 2. The van der Waals surface area contributed by atoms with Crippen LogP contribution in [0, 0.1) is 13.8 Å². The minimum Gasteiger partial charge on any atom is -0.322 e. The minimum atomic E-state index is -0.174. The highest BCUT2D eigenvalue weighted by atomic mass is 32.2. The number of carbonyl (C=O) groups is 1. The molecular formula is C24H25N5O2S. The van der Waals surface area contributed by atoms with Crippen LogP contribution in [0.3, 0.4) is 0 Å². The second-order valence-corrected chi connectivity index (χ2v) is 8.48. The SMILES string of the molecule is CCc1ccccc1-n1c(SCC(=O)Nc2c(C)nn(C)c2C)nc2ccccc2c1=O. The van der Waals surface area contributed by atoms with Crippen LogP contribution < -0.4 is 10.9 Å². The van der Waals surface area contributed by atoms with Gasteiger partial charge in [0.15, 0.2) is 5.16 Å². The van der Waals surface area contributed by atoms with E-state index in [0.29, 0.717) is 16.1 Å². The van der Waals surface area contributed by atoms with Gasteiger partial charge in [0.05, 0.1) is 39.4 Å². The topological polar surface area (TPSA) is 81.8 Å². The van der Waals surface area contributed by atoms with E-state index in [9.17, 15) is 9.59 Å². The summed E-state index contributed by atoms with van der Waals surface area (Å²) in [5.41, 5.74) is 4.68. The molecule has 7 nitrogen and oxygen atoms in total. The number of rotatable bonds is 6. The summed E-state index contributed by atoms with van der Waals surface area (Å²) in [4.78, 5) is 30.9. The Hall–Kier alpha value is -3.39. The molecule has 2 heterocycles. The first-order valence-electron chi connectivity index (χ1n) is 10.4. The molecule has 0 bridgehead atoms. The van der Waals surface area contributed by atoms with Crippen molar-refractivity contribution in [2.24, 2.45) is 7.05 Å². The van der Waals surface area contributed by atoms with Gasteiger partial charge in [-0.25, -0.2) is 4.98 Å². The first kappa shape index (κ1) is 21.8. The second-order valence-electron chi connectivity index (χ2n) is 7.54. The molecule has 0 spiro atoms. The molecule has 0 saturated heterocycles. The number of amides is 1. The number of thioether (sulfide) groups is 1. The number of carbonyl (C=O) groups excluding carboxylic acids is 1. The normalized spacial score (nSPS) is 11.1. The molecule has 8 heteroatoms. The zero-order valence-corrected chi connectivity index (χ0v) is 19.4. The third kappa shape index (κ3) is 4.05. The van der Waals surface area contributed by atoms with Crippen molar-refractivity contribution in [3.63, 3.8) is 0 Å². The Bertz CT molecular complexity index is 1370. The van der Waals surface area contributed by atoms with E-state index in [-0.39, 0.29) is 17.2 Å². The molecule has 0 aliphatic heterocycles. The van der Waals surface area contributed by atoms with Crippen molar-refractivity contribution in [3.05, 3.63) is 75.8 Å². The van der Waals surface area contributed by atoms with E-state index in [1.54, 1.807) is 15.3 Å². The molecule has 4 rings (SSSR count). The Balaban J connectivity index is 1.71. The highest BCUT2D eigenvalue weighted by molar-refractivity contribution is 7.99. The molecular weight excluding hydrogens is 422 g/mol. The van der Waals surface area contributed by atoms with Crippen LogP contribution >= 0.6 is 11.8 Å². The fraction of sp³-hybridized carbons (Fsp3) is 0.250. The van der Waals surface area contributed by atoms with Crippen LogP contribution in [0.2, 0.25) is 0 Å². The number of nitrogens with one attached hydrogen (secondary N) is 1. The number of aromatic nitrogens is 4. The van der Waals surface area contributed by atoms with Crippen molar-refractivity contribution >= 4 is 34.3 Å². The van der Waals surface area contributed by atoms with E-state index in [1.165, 1.54) is 11.8 Å². The average Bonchev–Trinajstić information content (AvgIpc) is 3.03. The lowest BCUT2D eigenvalue weighted by Gasteiger charge is -2.16. The van der Waals surface area contributed by atoms with Crippen LogP contribution in [-0.2, 0) is 18.3 Å². The maximum absolute atomic E-state index is 13.4. The summed E-state index contributed by atoms with van der Waals surface area (Å²) in [5.74, 6) is -0.0562. The monoisotopic (exact) mass is 447 g/mol. The van der Waals surface area contributed by atoms with Gasteiger partial charge in [-0.3, -0.25) is 18.8 Å². The fourth-order valence-corrected chi connectivity index (χ4v) is 4.52. The second kappa shape index (κ2) is 9.00. The van der Waals surface area contributed by atoms with Crippen molar-refractivity contribution in [2.45, 2.75) is 32.3 Å². The molecule has 1 N–H and O–H groups in total. The fourth-order valence-electron chi connectivity index (χ4n) is 3.71. The lowest BCUT2D eigenvalue weighted by Crippen LogP contribution is -2.24. The predicted octanol–water partition coefficient (Wildman–Crippen LogP) is 4.03. The standard InChI is InChI=1S/C24H25N5O2S/c1-5-17-10-6-9-13-20(17)29-23(31)18-11-7-8-12-19(18)25-24(29)32-14-21(30)26-22-15(2)27-28(4)16(22)3/h6-13H,5,14H2,1-4H3,(H,26,30). The summed E-state index contributed by atoms with van der Waals surface area (Å²) in [6.45, 7) is 5.82. The highest BCUT2D eigenvalue weighted by Crippen LogP contribution is 2.24. The average molecular weight is 448 g/mol. The van der Waals surface area contributed by atoms with E-state index in [0.717, 1.165) is 34.7 Å². The first-order chi connectivity index (χ1) is 15.4. The molecule has 32 heavy (non-hydrogen) atoms. The van der Waals surface area contributed by atoms with Gasteiger partial charge >= 0.3 is 0 Å². The molecule has 0 fully saturated rings. The predicted molar refractivity (Wildman–Crippen MR) is 129 cm³/mol. The van der Waals surface area contributed by atoms with E-state index in [4.69, 9.17) is 4.98 Å². The minimum absolute atomic E-state index is 0.118. The van der Waals surface area contributed by atoms with E-state index < -0.39 is 0 Å². The van der Waals surface area contributed by atoms with Crippen molar-refractivity contribution in [3.8, 4) is 5.69 Å². The summed E-state index contributed by atoms with van der Waals surface area (Å²) >= 11 is 1.25. The van der Waals surface area contributed by atoms with Gasteiger partial charge in [-0.2, -0.15) is 5.10 Å². The lowest BCUT2D eigenvalue weighted by atomic mass is 10.1. The summed E-state index contributed by atoms with van der Waals surface area (Å²) in [6.07, 6.45) is 0.777. The maximum atomic E-state index is 13.4. The van der Waals surface area contributed by atoms with Crippen LogP contribution in [-0.4, -0.2) is 31.0 Å². The van der Waals surface area contributed by atoms with E-state index >= 15 is 0 Å². The summed E-state index contributed by atoms with van der Waals surface area (Å²) in [6, 6.07) is 15.1. The van der Waals surface area contributed by atoms with Gasteiger partial charge in [0, 0.05) is 7.05 Å². The molecule has 2 aromatic carbocycles. The van der Waals surface area contributed by atoms with Crippen LogP contribution in [0.25, 0.3) is 16.6 Å². The van der Waals surface area contributed by atoms with Gasteiger partial charge < -0.3 is 5.32 Å². The molecule has 2 aromatic heterocycles. The molecule has 1 amide bonds. The lowest BCUT2D eigenvalue weighted by molar-refractivity contribution is -0.113.